The number of anilines is 1. The van der Waals surface area contributed by atoms with Gasteiger partial charge in [-0.25, -0.2) is 17.9 Å². The van der Waals surface area contributed by atoms with E-state index in [0.29, 0.717) is 6.42 Å². The molecule has 0 aliphatic carbocycles. The van der Waals surface area contributed by atoms with Crippen LogP contribution in [0.15, 0.2) is 23.1 Å². The molecule has 1 aromatic rings. The lowest BCUT2D eigenvalue weighted by Crippen LogP contribution is -2.33. The topological polar surface area (TPSA) is 109 Å². The van der Waals surface area contributed by atoms with Crippen LogP contribution in [0.5, 0.6) is 0 Å². The standard InChI is InChI=1S/C14H22N2O4S/c1-3-4-5-6-10(2)16-21(19,20)13-9-11(15)7-8-12(13)14(17)18/h7-10,16H,3-6,15H2,1-2H3,(H,17,18). The van der Waals surface area contributed by atoms with E-state index >= 15 is 0 Å². The summed E-state index contributed by atoms with van der Waals surface area (Å²) in [4.78, 5) is 10.8. The van der Waals surface area contributed by atoms with Crippen molar-refractivity contribution in [3.05, 3.63) is 23.8 Å². The molecular formula is C14H22N2O4S. The zero-order valence-corrected chi connectivity index (χ0v) is 13.1. The van der Waals surface area contributed by atoms with E-state index in [9.17, 15) is 13.2 Å². The highest BCUT2D eigenvalue weighted by molar-refractivity contribution is 7.89. The van der Waals surface area contributed by atoms with Crippen LogP contribution in [0.3, 0.4) is 0 Å². The number of nitrogens with one attached hydrogen (secondary N) is 1. The smallest absolute Gasteiger partial charge is 0.337 e. The third-order valence-corrected chi connectivity index (χ3v) is 4.75. The molecule has 0 saturated carbocycles. The number of nitrogen functional groups attached to an aromatic ring is 1. The highest BCUT2D eigenvalue weighted by Crippen LogP contribution is 2.20. The van der Waals surface area contributed by atoms with Crippen LogP contribution in [-0.2, 0) is 10.0 Å². The molecule has 6 nitrogen and oxygen atoms in total. The van der Waals surface area contributed by atoms with E-state index in [2.05, 4.69) is 11.6 Å². The van der Waals surface area contributed by atoms with Crippen molar-refractivity contribution in [3.63, 3.8) is 0 Å². The van der Waals surface area contributed by atoms with Gasteiger partial charge in [0.2, 0.25) is 10.0 Å². The predicted octanol–water partition coefficient (Wildman–Crippen LogP) is 2.21. The first-order valence-corrected chi connectivity index (χ1v) is 8.41. The number of rotatable bonds is 8. The van der Waals surface area contributed by atoms with Crippen LogP contribution in [0.4, 0.5) is 5.69 Å². The van der Waals surface area contributed by atoms with Crippen molar-refractivity contribution in [1.29, 1.82) is 0 Å². The molecule has 1 atom stereocenters. The SMILES string of the molecule is CCCCCC(C)NS(=O)(=O)c1cc(N)ccc1C(=O)O. The summed E-state index contributed by atoms with van der Waals surface area (Å²) in [5.74, 6) is -1.30. The van der Waals surface area contributed by atoms with Gasteiger partial charge >= 0.3 is 5.97 Å². The molecule has 7 heteroatoms. The van der Waals surface area contributed by atoms with Crippen LogP contribution < -0.4 is 10.5 Å². The molecule has 0 aliphatic rings. The van der Waals surface area contributed by atoms with Crippen LogP contribution >= 0.6 is 0 Å². The molecule has 1 aromatic carbocycles. The highest BCUT2D eigenvalue weighted by Gasteiger charge is 2.24. The lowest BCUT2D eigenvalue weighted by molar-refractivity contribution is 0.0692. The van der Waals surface area contributed by atoms with E-state index in [1.54, 1.807) is 6.92 Å². The van der Waals surface area contributed by atoms with E-state index < -0.39 is 16.0 Å². The maximum absolute atomic E-state index is 12.3. The van der Waals surface area contributed by atoms with E-state index in [4.69, 9.17) is 10.8 Å². The minimum absolute atomic E-state index is 0.207. The lowest BCUT2D eigenvalue weighted by atomic mass is 10.1. The van der Waals surface area contributed by atoms with Gasteiger partial charge in [0.1, 0.15) is 0 Å². The number of benzene rings is 1. The van der Waals surface area contributed by atoms with Gasteiger partial charge in [0.05, 0.1) is 10.5 Å². The largest absolute Gasteiger partial charge is 0.478 e. The molecule has 0 bridgehead atoms. The number of hydrogen-bond acceptors (Lipinski definition) is 4. The Labute approximate surface area is 125 Å². The number of carboxylic acids is 1. The monoisotopic (exact) mass is 314 g/mol. The molecule has 0 aliphatic heterocycles. The zero-order chi connectivity index (χ0) is 16.0. The van der Waals surface area contributed by atoms with Crippen molar-refractivity contribution in [2.24, 2.45) is 0 Å². The summed E-state index contributed by atoms with van der Waals surface area (Å²) in [6.07, 6.45) is 3.71. The van der Waals surface area contributed by atoms with Gasteiger partial charge in [0, 0.05) is 11.7 Å². The molecule has 118 valence electrons. The Kier molecular flexibility index (Phi) is 6.17. The van der Waals surface area contributed by atoms with Gasteiger partial charge in [0.15, 0.2) is 0 Å². The maximum atomic E-state index is 12.3. The van der Waals surface area contributed by atoms with Crippen molar-refractivity contribution < 1.29 is 18.3 Å². The second-order valence-corrected chi connectivity index (χ2v) is 6.76. The average Bonchev–Trinajstić information content (AvgIpc) is 2.38. The Bertz CT molecular complexity index is 599. The van der Waals surface area contributed by atoms with Crippen LogP contribution in [0.2, 0.25) is 0 Å². The van der Waals surface area contributed by atoms with Crippen molar-refractivity contribution in [2.75, 3.05) is 5.73 Å². The molecule has 0 spiro atoms. The van der Waals surface area contributed by atoms with Crippen molar-refractivity contribution in [2.45, 2.75) is 50.5 Å². The fraction of sp³-hybridized carbons (Fsp3) is 0.500. The maximum Gasteiger partial charge on any atom is 0.337 e. The van der Waals surface area contributed by atoms with Gasteiger partial charge in [-0.05, 0) is 31.5 Å². The van der Waals surface area contributed by atoms with Crippen molar-refractivity contribution in [3.8, 4) is 0 Å². The molecule has 0 aromatic heterocycles. The summed E-state index contributed by atoms with van der Waals surface area (Å²) in [6.45, 7) is 3.83. The minimum Gasteiger partial charge on any atom is -0.478 e. The van der Waals surface area contributed by atoms with Crippen molar-refractivity contribution >= 4 is 21.7 Å². The van der Waals surface area contributed by atoms with Gasteiger partial charge in [-0.1, -0.05) is 26.2 Å². The molecule has 0 amide bonds. The molecule has 1 rings (SSSR count). The zero-order valence-electron chi connectivity index (χ0n) is 12.3. The number of hydrogen-bond donors (Lipinski definition) is 3. The summed E-state index contributed by atoms with van der Waals surface area (Å²) in [6, 6.07) is 3.48. The van der Waals surface area contributed by atoms with Crippen LogP contribution in [0.1, 0.15) is 49.9 Å². The fourth-order valence-electron chi connectivity index (χ4n) is 2.03. The Morgan fingerprint density at radius 1 is 1.38 bits per heavy atom. The molecule has 0 fully saturated rings. The summed E-state index contributed by atoms with van der Waals surface area (Å²) in [7, 11) is -3.91. The fourth-order valence-corrected chi connectivity index (χ4v) is 3.54. The number of nitrogens with two attached hydrogens (primary N) is 1. The summed E-state index contributed by atoms with van der Waals surface area (Å²) in [5.41, 5.74) is 5.50. The number of sulfonamides is 1. The van der Waals surface area contributed by atoms with E-state index in [1.807, 2.05) is 0 Å². The average molecular weight is 314 g/mol. The third kappa shape index (κ3) is 5.02. The van der Waals surface area contributed by atoms with Gasteiger partial charge < -0.3 is 10.8 Å². The second-order valence-electron chi connectivity index (χ2n) is 5.08. The second kappa shape index (κ2) is 7.42. The predicted molar refractivity (Wildman–Crippen MR) is 81.7 cm³/mol. The molecule has 0 heterocycles. The van der Waals surface area contributed by atoms with Crippen molar-refractivity contribution in [1.82, 2.24) is 4.72 Å². The first-order valence-electron chi connectivity index (χ1n) is 6.93. The number of carbonyl (C=O) groups is 1. The van der Waals surface area contributed by atoms with Gasteiger partial charge in [-0.3, -0.25) is 0 Å². The summed E-state index contributed by atoms with van der Waals surface area (Å²) < 4.78 is 27.2. The van der Waals surface area contributed by atoms with E-state index in [0.717, 1.165) is 19.3 Å². The first-order chi connectivity index (χ1) is 9.77. The Hall–Kier alpha value is -1.60. The quantitative estimate of drug-likeness (QED) is 0.503. The van der Waals surface area contributed by atoms with Gasteiger partial charge in [-0.2, -0.15) is 0 Å². The minimum atomic E-state index is -3.91. The molecule has 0 saturated heterocycles. The third-order valence-electron chi connectivity index (χ3n) is 3.12. The van der Waals surface area contributed by atoms with E-state index in [1.165, 1.54) is 18.2 Å². The van der Waals surface area contributed by atoms with Crippen LogP contribution in [0, 0.1) is 0 Å². The number of unbranched alkanes of at least 4 members (excludes halogenated alkanes) is 2. The number of carboxylic acid groups (broad SMARTS) is 1. The normalized spacial score (nSPS) is 13.0. The molecule has 0 radical (unpaired) electrons. The molecule has 4 N–H and O–H groups in total. The lowest BCUT2D eigenvalue weighted by Gasteiger charge is -2.15. The first kappa shape index (κ1) is 17.5. The van der Waals surface area contributed by atoms with Crippen LogP contribution in [-0.4, -0.2) is 25.5 Å². The molecule has 21 heavy (non-hydrogen) atoms. The van der Waals surface area contributed by atoms with Gasteiger partial charge in [0.25, 0.3) is 0 Å². The molecule has 1 unspecified atom stereocenters. The summed E-state index contributed by atoms with van der Waals surface area (Å²) in [5, 5.41) is 9.09. The Morgan fingerprint density at radius 3 is 2.62 bits per heavy atom. The number of aromatic carboxylic acids is 1. The van der Waals surface area contributed by atoms with Gasteiger partial charge in [-0.15, -0.1) is 0 Å². The Balaban J connectivity index is 2.97. The Morgan fingerprint density at radius 2 is 2.05 bits per heavy atom. The van der Waals surface area contributed by atoms with E-state index in [-0.39, 0.29) is 22.2 Å². The van der Waals surface area contributed by atoms with Crippen LogP contribution in [0.25, 0.3) is 0 Å². The highest BCUT2D eigenvalue weighted by atomic mass is 32.2. The summed E-state index contributed by atoms with van der Waals surface area (Å²) >= 11 is 0. The molecular weight excluding hydrogens is 292 g/mol.